The molecule has 1 amide bonds. The molecule has 0 saturated carbocycles. The molecule has 1 aromatic carbocycles. The zero-order chi connectivity index (χ0) is 14.5. The SMILES string of the molecule is CCCCC(=O)Nc1nc(-c2ccc(F)c(F)c2)cs1. The van der Waals surface area contributed by atoms with Crippen molar-refractivity contribution in [2.45, 2.75) is 26.2 Å². The van der Waals surface area contributed by atoms with Crippen LogP contribution in [0.3, 0.4) is 0 Å². The molecule has 0 aliphatic heterocycles. The predicted molar refractivity (Wildman–Crippen MR) is 75.6 cm³/mol. The lowest BCUT2D eigenvalue weighted by Gasteiger charge is -2.00. The van der Waals surface area contributed by atoms with Crippen molar-refractivity contribution in [3.8, 4) is 11.3 Å². The summed E-state index contributed by atoms with van der Waals surface area (Å²) in [5, 5.41) is 4.85. The molecule has 0 atom stereocenters. The van der Waals surface area contributed by atoms with Crippen molar-refractivity contribution < 1.29 is 13.6 Å². The highest BCUT2D eigenvalue weighted by atomic mass is 32.1. The Morgan fingerprint density at radius 2 is 2.15 bits per heavy atom. The number of benzene rings is 1. The van der Waals surface area contributed by atoms with Crippen LogP contribution in [-0.4, -0.2) is 10.9 Å². The van der Waals surface area contributed by atoms with Gasteiger partial charge < -0.3 is 5.32 Å². The summed E-state index contributed by atoms with van der Waals surface area (Å²) in [5.41, 5.74) is 0.994. The summed E-state index contributed by atoms with van der Waals surface area (Å²) < 4.78 is 26.0. The summed E-state index contributed by atoms with van der Waals surface area (Å²) >= 11 is 1.26. The fraction of sp³-hybridized carbons (Fsp3) is 0.286. The van der Waals surface area contributed by atoms with E-state index in [0.717, 1.165) is 25.0 Å². The van der Waals surface area contributed by atoms with E-state index < -0.39 is 11.6 Å². The zero-order valence-corrected chi connectivity index (χ0v) is 11.8. The highest BCUT2D eigenvalue weighted by Gasteiger charge is 2.10. The van der Waals surface area contributed by atoms with Crippen molar-refractivity contribution in [1.29, 1.82) is 0 Å². The second kappa shape index (κ2) is 6.56. The van der Waals surface area contributed by atoms with Crippen molar-refractivity contribution in [2.24, 2.45) is 0 Å². The lowest BCUT2D eigenvalue weighted by atomic mass is 10.2. The molecular formula is C14H14F2N2OS. The van der Waals surface area contributed by atoms with Gasteiger partial charge in [-0.05, 0) is 24.6 Å². The van der Waals surface area contributed by atoms with Crippen molar-refractivity contribution in [3.05, 3.63) is 35.2 Å². The van der Waals surface area contributed by atoms with Crippen LogP contribution in [-0.2, 0) is 4.79 Å². The van der Waals surface area contributed by atoms with E-state index in [9.17, 15) is 13.6 Å². The van der Waals surface area contributed by atoms with Crippen LogP contribution < -0.4 is 5.32 Å². The van der Waals surface area contributed by atoms with Gasteiger partial charge in [0.05, 0.1) is 5.69 Å². The highest BCUT2D eigenvalue weighted by Crippen LogP contribution is 2.26. The van der Waals surface area contributed by atoms with Gasteiger partial charge in [-0.2, -0.15) is 0 Å². The summed E-state index contributed by atoms with van der Waals surface area (Å²) in [6.07, 6.45) is 2.23. The minimum atomic E-state index is -0.913. The standard InChI is InChI=1S/C14H14F2N2OS/c1-2-3-4-13(19)18-14-17-12(8-20-14)9-5-6-10(15)11(16)7-9/h5-8H,2-4H2,1H3,(H,17,18,19). The quantitative estimate of drug-likeness (QED) is 0.897. The Labute approximate surface area is 119 Å². The molecule has 0 unspecified atom stereocenters. The minimum Gasteiger partial charge on any atom is -0.302 e. The normalized spacial score (nSPS) is 10.6. The third-order valence-corrected chi connectivity index (χ3v) is 3.48. The molecule has 0 fully saturated rings. The van der Waals surface area contributed by atoms with Crippen LogP contribution in [0.15, 0.2) is 23.6 Å². The molecule has 20 heavy (non-hydrogen) atoms. The lowest BCUT2D eigenvalue weighted by Crippen LogP contribution is -2.10. The van der Waals surface area contributed by atoms with Gasteiger partial charge in [0.15, 0.2) is 16.8 Å². The van der Waals surface area contributed by atoms with E-state index in [4.69, 9.17) is 0 Å². The van der Waals surface area contributed by atoms with Gasteiger partial charge in [0.25, 0.3) is 0 Å². The number of rotatable bonds is 5. The number of thiazole rings is 1. The Morgan fingerprint density at radius 3 is 2.85 bits per heavy atom. The van der Waals surface area contributed by atoms with Gasteiger partial charge in [0, 0.05) is 17.4 Å². The number of hydrogen-bond donors (Lipinski definition) is 1. The van der Waals surface area contributed by atoms with Crippen LogP contribution in [0.25, 0.3) is 11.3 Å². The molecule has 0 radical (unpaired) electrons. The van der Waals surface area contributed by atoms with Crippen molar-refractivity contribution in [3.63, 3.8) is 0 Å². The van der Waals surface area contributed by atoms with Crippen LogP contribution in [0.5, 0.6) is 0 Å². The van der Waals surface area contributed by atoms with Gasteiger partial charge in [0.1, 0.15) is 0 Å². The third kappa shape index (κ3) is 3.60. The van der Waals surface area contributed by atoms with E-state index >= 15 is 0 Å². The molecular weight excluding hydrogens is 282 g/mol. The maximum Gasteiger partial charge on any atom is 0.226 e. The molecule has 0 spiro atoms. The zero-order valence-electron chi connectivity index (χ0n) is 11.0. The van der Waals surface area contributed by atoms with E-state index in [-0.39, 0.29) is 5.91 Å². The number of unbranched alkanes of at least 4 members (excludes halogenated alkanes) is 1. The first kappa shape index (κ1) is 14.6. The van der Waals surface area contributed by atoms with Gasteiger partial charge in [-0.25, -0.2) is 13.8 Å². The van der Waals surface area contributed by atoms with Crippen LogP contribution in [0, 0.1) is 11.6 Å². The Kier molecular flexibility index (Phi) is 4.79. The van der Waals surface area contributed by atoms with Gasteiger partial charge in [0.2, 0.25) is 5.91 Å². The van der Waals surface area contributed by atoms with Gasteiger partial charge in [-0.15, -0.1) is 11.3 Å². The molecule has 1 N–H and O–H groups in total. The number of carbonyl (C=O) groups excluding carboxylic acids is 1. The van der Waals surface area contributed by atoms with E-state index in [1.807, 2.05) is 6.92 Å². The Bertz CT molecular complexity index is 613. The first-order valence-electron chi connectivity index (χ1n) is 6.31. The average molecular weight is 296 g/mol. The molecule has 1 heterocycles. The fourth-order valence-electron chi connectivity index (χ4n) is 1.64. The number of halogens is 2. The third-order valence-electron chi connectivity index (χ3n) is 2.72. The van der Waals surface area contributed by atoms with Crippen LogP contribution in [0.1, 0.15) is 26.2 Å². The lowest BCUT2D eigenvalue weighted by molar-refractivity contribution is -0.116. The summed E-state index contributed by atoms with van der Waals surface area (Å²) in [5.74, 6) is -1.89. The molecule has 2 aromatic rings. The summed E-state index contributed by atoms with van der Waals surface area (Å²) in [4.78, 5) is 15.8. The Hall–Kier alpha value is -1.82. The van der Waals surface area contributed by atoms with Crippen molar-refractivity contribution in [1.82, 2.24) is 4.98 Å². The summed E-state index contributed by atoms with van der Waals surface area (Å²) in [6.45, 7) is 2.01. The number of anilines is 1. The van der Waals surface area contributed by atoms with Gasteiger partial charge in [-0.1, -0.05) is 13.3 Å². The second-order valence-electron chi connectivity index (χ2n) is 4.32. The maximum absolute atomic E-state index is 13.2. The molecule has 0 saturated heterocycles. The number of amides is 1. The van der Waals surface area contributed by atoms with Crippen LogP contribution in [0.2, 0.25) is 0 Å². The van der Waals surface area contributed by atoms with E-state index in [1.165, 1.54) is 17.4 Å². The average Bonchev–Trinajstić information content (AvgIpc) is 2.88. The first-order chi connectivity index (χ1) is 9.60. The number of carbonyl (C=O) groups is 1. The first-order valence-corrected chi connectivity index (χ1v) is 7.19. The van der Waals surface area contributed by atoms with Gasteiger partial charge in [-0.3, -0.25) is 4.79 Å². The number of hydrogen-bond acceptors (Lipinski definition) is 3. The van der Waals surface area contributed by atoms with Gasteiger partial charge >= 0.3 is 0 Å². The molecule has 106 valence electrons. The molecule has 2 rings (SSSR count). The second-order valence-corrected chi connectivity index (χ2v) is 5.18. The van der Waals surface area contributed by atoms with E-state index in [0.29, 0.717) is 22.8 Å². The fourth-order valence-corrected chi connectivity index (χ4v) is 2.37. The van der Waals surface area contributed by atoms with Crippen LogP contribution >= 0.6 is 11.3 Å². The Balaban J connectivity index is 2.08. The number of nitrogens with zero attached hydrogens (tertiary/aromatic N) is 1. The van der Waals surface area contributed by atoms with E-state index in [2.05, 4.69) is 10.3 Å². The van der Waals surface area contributed by atoms with E-state index in [1.54, 1.807) is 5.38 Å². The summed E-state index contributed by atoms with van der Waals surface area (Å²) in [7, 11) is 0. The maximum atomic E-state index is 13.2. The van der Waals surface area contributed by atoms with Crippen LogP contribution in [0.4, 0.5) is 13.9 Å². The molecule has 0 bridgehead atoms. The molecule has 6 heteroatoms. The predicted octanol–water partition coefficient (Wildman–Crippen LogP) is 4.22. The molecule has 1 aromatic heterocycles. The monoisotopic (exact) mass is 296 g/mol. The number of nitrogens with one attached hydrogen (secondary N) is 1. The summed E-state index contributed by atoms with van der Waals surface area (Å²) in [6, 6.07) is 3.60. The Morgan fingerprint density at radius 1 is 1.35 bits per heavy atom. The minimum absolute atomic E-state index is 0.0852. The topological polar surface area (TPSA) is 42.0 Å². The van der Waals surface area contributed by atoms with Crippen molar-refractivity contribution >= 4 is 22.4 Å². The smallest absolute Gasteiger partial charge is 0.226 e. The van der Waals surface area contributed by atoms with Crippen molar-refractivity contribution in [2.75, 3.05) is 5.32 Å². The largest absolute Gasteiger partial charge is 0.302 e. The molecule has 0 aliphatic carbocycles. The highest BCUT2D eigenvalue weighted by molar-refractivity contribution is 7.14. The number of aromatic nitrogens is 1. The molecule has 0 aliphatic rings. The molecule has 3 nitrogen and oxygen atoms in total.